The number of carbonyl (C=O) groups is 2. The summed E-state index contributed by atoms with van der Waals surface area (Å²) in [4.78, 5) is 24.9. The first-order chi connectivity index (χ1) is 14.5. The van der Waals surface area contributed by atoms with E-state index in [1.54, 1.807) is 24.3 Å². The Labute approximate surface area is 180 Å². The average molecular weight is 411 g/mol. The molecule has 0 radical (unpaired) electrons. The van der Waals surface area contributed by atoms with E-state index < -0.39 is 6.10 Å². The summed E-state index contributed by atoms with van der Waals surface area (Å²) in [5.74, 6) is 0.820. The van der Waals surface area contributed by atoms with Gasteiger partial charge in [-0.3, -0.25) is 9.59 Å². The average Bonchev–Trinajstić information content (AvgIpc) is 2.77. The van der Waals surface area contributed by atoms with Gasteiger partial charge in [-0.1, -0.05) is 52.3 Å². The molecule has 2 unspecified atom stereocenters. The number of hydrogen-bond donors (Lipinski definition) is 2. The maximum Gasteiger partial charge on any atom is 0.265 e. The fraction of sp³-hybridized carbons (Fsp3) is 0.440. The maximum atomic E-state index is 12.8. The van der Waals surface area contributed by atoms with E-state index in [1.807, 2.05) is 25.1 Å². The molecule has 2 aromatic carbocycles. The molecule has 0 heterocycles. The molecule has 2 aromatic rings. The van der Waals surface area contributed by atoms with Gasteiger partial charge in [0.25, 0.3) is 11.8 Å². The van der Waals surface area contributed by atoms with Crippen molar-refractivity contribution in [1.82, 2.24) is 5.32 Å². The number of rotatable bonds is 11. The smallest absolute Gasteiger partial charge is 0.265 e. The van der Waals surface area contributed by atoms with Crippen LogP contribution in [0.5, 0.6) is 5.75 Å². The largest absolute Gasteiger partial charge is 0.480 e. The minimum Gasteiger partial charge on any atom is -0.480 e. The van der Waals surface area contributed by atoms with E-state index in [1.165, 1.54) is 0 Å². The Morgan fingerprint density at radius 2 is 1.67 bits per heavy atom. The molecule has 2 amide bonds. The van der Waals surface area contributed by atoms with Gasteiger partial charge in [0.2, 0.25) is 0 Å². The minimum absolute atomic E-state index is 0.0993. The Bertz CT molecular complexity index is 817. The van der Waals surface area contributed by atoms with Gasteiger partial charge in [0.15, 0.2) is 6.10 Å². The summed E-state index contributed by atoms with van der Waals surface area (Å²) in [5.41, 5.74) is 2.34. The molecular weight excluding hydrogens is 376 g/mol. The molecule has 30 heavy (non-hydrogen) atoms. The Hall–Kier alpha value is -2.82. The lowest BCUT2D eigenvalue weighted by Crippen LogP contribution is -2.32. The quantitative estimate of drug-likeness (QED) is 0.479. The van der Waals surface area contributed by atoms with Gasteiger partial charge in [0.05, 0.1) is 0 Å². The summed E-state index contributed by atoms with van der Waals surface area (Å²) in [6, 6.07) is 14.8. The molecule has 0 saturated heterocycles. The predicted octanol–water partition coefficient (Wildman–Crippen LogP) is 5.53. The highest BCUT2D eigenvalue weighted by Crippen LogP contribution is 2.29. The van der Waals surface area contributed by atoms with Gasteiger partial charge in [0.1, 0.15) is 5.75 Å². The first kappa shape index (κ1) is 23.5. The van der Waals surface area contributed by atoms with Crippen LogP contribution in [0.4, 0.5) is 5.69 Å². The van der Waals surface area contributed by atoms with Crippen molar-refractivity contribution in [3.63, 3.8) is 0 Å². The van der Waals surface area contributed by atoms with E-state index in [2.05, 4.69) is 37.5 Å². The molecule has 0 aliphatic carbocycles. The number of carbonyl (C=O) groups excluding carboxylic acids is 2. The molecule has 0 spiro atoms. The second-order valence-corrected chi connectivity index (χ2v) is 7.54. The Morgan fingerprint density at radius 1 is 0.967 bits per heavy atom. The Kier molecular flexibility index (Phi) is 9.39. The fourth-order valence-electron chi connectivity index (χ4n) is 3.10. The van der Waals surface area contributed by atoms with Crippen LogP contribution in [0.15, 0.2) is 48.5 Å². The first-order valence-electron chi connectivity index (χ1n) is 10.9. The molecule has 0 bridgehead atoms. The van der Waals surface area contributed by atoms with Crippen LogP contribution in [0.3, 0.4) is 0 Å². The summed E-state index contributed by atoms with van der Waals surface area (Å²) >= 11 is 0. The van der Waals surface area contributed by atoms with E-state index in [-0.39, 0.29) is 11.8 Å². The van der Waals surface area contributed by atoms with E-state index in [4.69, 9.17) is 4.74 Å². The van der Waals surface area contributed by atoms with Crippen molar-refractivity contribution in [2.24, 2.45) is 0 Å². The second kappa shape index (κ2) is 12.0. The van der Waals surface area contributed by atoms with Crippen LogP contribution in [0.2, 0.25) is 0 Å². The maximum absolute atomic E-state index is 12.8. The van der Waals surface area contributed by atoms with Gasteiger partial charge in [-0.15, -0.1) is 0 Å². The molecule has 5 heteroatoms. The van der Waals surface area contributed by atoms with Gasteiger partial charge in [-0.2, -0.15) is 0 Å². The molecule has 2 rings (SSSR count). The standard InChI is InChI=1S/C25H34N2O3/c1-5-8-17-26-24(28)19-13-15-20(16-14-19)27-25(29)22(7-3)30-23-12-10-9-11-21(23)18(4)6-2/h9-16,18,22H,5-8,17H2,1-4H3,(H,26,28)(H,27,29). The highest BCUT2D eigenvalue weighted by Gasteiger charge is 2.21. The topological polar surface area (TPSA) is 67.4 Å². The van der Waals surface area contributed by atoms with Crippen molar-refractivity contribution in [1.29, 1.82) is 0 Å². The van der Waals surface area contributed by atoms with Crippen LogP contribution in [-0.4, -0.2) is 24.5 Å². The molecule has 2 atom stereocenters. The highest BCUT2D eigenvalue weighted by atomic mass is 16.5. The monoisotopic (exact) mass is 410 g/mol. The van der Waals surface area contributed by atoms with Gasteiger partial charge in [-0.25, -0.2) is 0 Å². The van der Waals surface area contributed by atoms with Crippen LogP contribution < -0.4 is 15.4 Å². The SMILES string of the molecule is CCCCNC(=O)c1ccc(NC(=O)C(CC)Oc2ccccc2C(C)CC)cc1. The lowest BCUT2D eigenvalue weighted by Gasteiger charge is -2.21. The van der Waals surface area contributed by atoms with Crippen LogP contribution in [0.1, 0.15) is 75.2 Å². The predicted molar refractivity (Wildman–Crippen MR) is 122 cm³/mol. The number of benzene rings is 2. The number of ether oxygens (including phenoxy) is 1. The van der Waals surface area contributed by atoms with Gasteiger partial charge in [0, 0.05) is 17.8 Å². The van der Waals surface area contributed by atoms with E-state index in [0.717, 1.165) is 30.6 Å². The van der Waals surface area contributed by atoms with Crippen molar-refractivity contribution in [3.05, 3.63) is 59.7 Å². The molecule has 162 valence electrons. The van der Waals surface area contributed by atoms with E-state index >= 15 is 0 Å². The normalized spacial score (nSPS) is 12.7. The lowest BCUT2D eigenvalue weighted by atomic mass is 9.98. The molecule has 0 saturated carbocycles. The first-order valence-corrected chi connectivity index (χ1v) is 10.9. The third-order valence-electron chi connectivity index (χ3n) is 5.23. The summed E-state index contributed by atoms with van der Waals surface area (Å²) in [6.07, 6.45) is 2.96. The van der Waals surface area contributed by atoms with Crippen LogP contribution in [0.25, 0.3) is 0 Å². The zero-order valence-corrected chi connectivity index (χ0v) is 18.5. The summed E-state index contributed by atoms with van der Waals surface area (Å²) in [6.45, 7) is 8.98. The van der Waals surface area contributed by atoms with Crippen molar-refractivity contribution >= 4 is 17.5 Å². The number of hydrogen-bond acceptors (Lipinski definition) is 3. The second-order valence-electron chi connectivity index (χ2n) is 7.54. The summed E-state index contributed by atoms with van der Waals surface area (Å²) < 4.78 is 6.09. The molecule has 0 aliphatic heterocycles. The summed E-state index contributed by atoms with van der Waals surface area (Å²) in [7, 11) is 0. The van der Waals surface area contributed by atoms with Crippen molar-refractivity contribution in [2.75, 3.05) is 11.9 Å². The zero-order chi connectivity index (χ0) is 21.9. The number of amides is 2. The molecule has 0 aromatic heterocycles. The molecular formula is C25H34N2O3. The third-order valence-corrected chi connectivity index (χ3v) is 5.23. The summed E-state index contributed by atoms with van der Waals surface area (Å²) in [5, 5.41) is 5.79. The van der Waals surface area contributed by atoms with E-state index in [9.17, 15) is 9.59 Å². The van der Waals surface area contributed by atoms with Crippen molar-refractivity contribution in [2.45, 2.75) is 65.4 Å². The van der Waals surface area contributed by atoms with Crippen LogP contribution in [0, 0.1) is 0 Å². The number of nitrogens with one attached hydrogen (secondary N) is 2. The van der Waals surface area contributed by atoms with Crippen LogP contribution in [-0.2, 0) is 4.79 Å². The number of para-hydroxylation sites is 1. The van der Waals surface area contributed by atoms with Crippen molar-refractivity contribution < 1.29 is 14.3 Å². The lowest BCUT2D eigenvalue weighted by molar-refractivity contribution is -0.122. The van der Waals surface area contributed by atoms with Gasteiger partial charge in [-0.05, 0) is 61.1 Å². The zero-order valence-electron chi connectivity index (χ0n) is 18.5. The Balaban J connectivity index is 2.01. The van der Waals surface area contributed by atoms with Crippen molar-refractivity contribution in [3.8, 4) is 5.75 Å². The third kappa shape index (κ3) is 6.61. The number of anilines is 1. The fourth-order valence-corrected chi connectivity index (χ4v) is 3.10. The minimum atomic E-state index is -0.591. The van der Waals surface area contributed by atoms with Crippen LogP contribution >= 0.6 is 0 Å². The molecule has 5 nitrogen and oxygen atoms in total. The number of unbranched alkanes of at least 4 members (excludes halogenated alkanes) is 1. The molecule has 0 aliphatic rings. The highest BCUT2D eigenvalue weighted by molar-refractivity contribution is 5.97. The molecule has 2 N–H and O–H groups in total. The van der Waals surface area contributed by atoms with E-state index in [0.29, 0.717) is 30.1 Å². The van der Waals surface area contributed by atoms with Gasteiger partial charge < -0.3 is 15.4 Å². The Morgan fingerprint density at radius 3 is 2.30 bits per heavy atom. The molecule has 0 fully saturated rings. The van der Waals surface area contributed by atoms with Gasteiger partial charge >= 0.3 is 0 Å².